The van der Waals surface area contributed by atoms with Crippen LogP contribution < -0.4 is 0 Å². The fraction of sp³-hybridized carbons (Fsp3) is 0.750. The van der Waals surface area contributed by atoms with Crippen LogP contribution >= 0.6 is 0 Å². The van der Waals surface area contributed by atoms with Crippen LogP contribution in [-0.4, -0.2) is 27.1 Å². The molecular weight excluding hydrogens is 208 g/mol. The highest BCUT2D eigenvalue weighted by Gasteiger charge is 2.26. The molecule has 4 nitrogen and oxygen atoms in total. The molecule has 0 aromatic heterocycles. The maximum Gasteiger partial charge on any atom is 0.330 e. The van der Waals surface area contributed by atoms with Crippen molar-refractivity contribution in [2.75, 3.05) is 0 Å². The van der Waals surface area contributed by atoms with Gasteiger partial charge in [-0.05, 0) is 26.7 Å². The van der Waals surface area contributed by atoms with Gasteiger partial charge in [0, 0.05) is 11.5 Å². The van der Waals surface area contributed by atoms with Gasteiger partial charge in [0.15, 0.2) is 5.79 Å². The maximum atomic E-state index is 9.86. The first-order valence-electron chi connectivity index (χ1n) is 5.53. The molecule has 0 amide bonds. The summed E-state index contributed by atoms with van der Waals surface area (Å²) in [5, 5.41) is 26.4. The SMILES string of the molecule is CC=C(C)C(=O)O.CCC(C)C(O)(O)CC. The van der Waals surface area contributed by atoms with Crippen molar-refractivity contribution in [3.63, 3.8) is 0 Å². The van der Waals surface area contributed by atoms with Crippen LogP contribution in [0.5, 0.6) is 0 Å². The molecule has 0 radical (unpaired) electrons. The predicted molar refractivity (Wildman–Crippen MR) is 64.0 cm³/mol. The van der Waals surface area contributed by atoms with E-state index in [0.717, 1.165) is 6.42 Å². The van der Waals surface area contributed by atoms with E-state index in [4.69, 9.17) is 15.3 Å². The third kappa shape index (κ3) is 7.43. The zero-order chi connectivity index (χ0) is 13.4. The summed E-state index contributed by atoms with van der Waals surface area (Å²) in [6.45, 7) is 8.81. The van der Waals surface area contributed by atoms with E-state index in [9.17, 15) is 4.79 Å². The molecule has 0 aromatic rings. The number of carboxylic acids is 1. The van der Waals surface area contributed by atoms with E-state index >= 15 is 0 Å². The molecule has 0 aliphatic rings. The molecular formula is C12H24O4. The average molecular weight is 232 g/mol. The van der Waals surface area contributed by atoms with Crippen LogP contribution in [0.2, 0.25) is 0 Å². The Hall–Kier alpha value is -0.870. The molecule has 0 fully saturated rings. The van der Waals surface area contributed by atoms with Crippen molar-refractivity contribution in [2.24, 2.45) is 5.92 Å². The summed E-state index contributed by atoms with van der Waals surface area (Å²) >= 11 is 0. The van der Waals surface area contributed by atoms with Crippen LogP contribution in [0.15, 0.2) is 11.6 Å². The van der Waals surface area contributed by atoms with Gasteiger partial charge in [0.05, 0.1) is 0 Å². The maximum absolute atomic E-state index is 9.86. The highest BCUT2D eigenvalue weighted by molar-refractivity contribution is 5.85. The van der Waals surface area contributed by atoms with E-state index in [-0.39, 0.29) is 5.92 Å². The van der Waals surface area contributed by atoms with Crippen LogP contribution in [0.25, 0.3) is 0 Å². The van der Waals surface area contributed by atoms with E-state index < -0.39 is 11.8 Å². The summed E-state index contributed by atoms with van der Waals surface area (Å²) in [7, 11) is 0. The summed E-state index contributed by atoms with van der Waals surface area (Å²) < 4.78 is 0. The first kappa shape index (κ1) is 17.5. The Labute approximate surface area is 97.6 Å². The lowest BCUT2D eigenvalue weighted by Crippen LogP contribution is -2.34. The number of allylic oxidation sites excluding steroid dienone is 1. The van der Waals surface area contributed by atoms with Gasteiger partial charge < -0.3 is 15.3 Å². The number of carboxylic acid groups (broad SMARTS) is 1. The van der Waals surface area contributed by atoms with Crippen LogP contribution in [0, 0.1) is 5.92 Å². The van der Waals surface area contributed by atoms with Gasteiger partial charge in [-0.1, -0.05) is 26.8 Å². The van der Waals surface area contributed by atoms with Crippen molar-refractivity contribution in [1.82, 2.24) is 0 Å². The van der Waals surface area contributed by atoms with E-state index in [1.165, 1.54) is 0 Å². The van der Waals surface area contributed by atoms with Crippen molar-refractivity contribution in [1.29, 1.82) is 0 Å². The van der Waals surface area contributed by atoms with Gasteiger partial charge in [0.2, 0.25) is 0 Å². The first-order valence-corrected chi connectivity index (χ1v) is 5.53. The van der Waals surface area contributed by atoms with Crippen molar-refractivity contribution in [3.8, 4) is 0 Å². The van der Waals surface area contributed by atoms with Gasteiger partial charge in [-0.3, -0.25) is 0 Å². The van der Waals surface area contributed by atoms with Gasteiger partial charge in [-0.25, -0.2) is 4.79 Å². The number of aliphatic carboxylic acids is 1. The number of hydrogen-bond donors (Lipinski definition) is 3. The smallest absolute Gasteiger partial charge is 0.330 e. The molecule has 4 heteroatoms. The number of hydrogen-bond acceptors (Lipinski definition) is 3. The molecule has 0 saturated carbocycles. The highest BCUT2D eigenvalue weighted by Crippen LogP contribution is 2.19. The second-order valence-electron chi connectivity index (χ2n) is 3.82. The molecule has 1 unspecified atom stereocenters. The number of aliphatic hydroxyl groups is 2. The number of carbonyl (C=O) groups is 1. The minimum Gasteiger partial charge on any atom is -0.478 e. The van der Waals surface area contributed by atoms with Crippen LogP contribution in [0.4, 0.5) is 0 Å². The van der Waals surface area contributed by atoms with E-state index in [1.54, 1.807) is 26.8 Å². The average Bonchev–Trinajstić information content (AvgIpc) is 2.27. The van der Waals surface area contributed by atoms with Crippen molar-refractivity contribution in [2.45, 2.75) is 53.2 Å². The Morgan fingerprint density at radius 3 is 1.88 bits per heavy atom. The molecule has 16 heavy (non-hydrogen) atoms. The summed E-state index contributed by atoms with van der Waals surface area (Å²) in [6, 6.07) is 0. The monoisotopic (exact) mass is 232 g/mol. The Balaban J connectivity index is 0. The molecule has 0 spiro atoms. The molecule has 0 bridgehead atoms. The minimum atomic E-state index is -1.45. The fourth-order valence-corrected chi connectivity index (χ4v) is 0.799. The molecule has 0 aromatic carbocycles. The standard InChI is InChI=1S/C7H16O2.C5H8O2/c1-4-6(3)7(8,9)5-2;1-3-4(2)5(6)7/h6,8-9H,4-5H2,1-3H3;3H,1-2H3,(H,6,7). The third-order valence-corrected chi connectivity index (χ3v) is 2.69. The second kappa shape index (κ2) is 8.30. The molecule has 3 N–H and O–H groups in total. The van der Waals surface area contributed by atoms with Gasteiger partial charge in [-0.15, -0.1) is 0 Å². The summed E-state index contributed by atoms with van der Waals surface area (Å²) in [6.07, 6.45) is 2.77. The molecule has 0 saturated heterocycles. The van der Waals surface area contributed by atoms with Gasteiger partial charge in [-0.2, -0.15) is 0 Å². The largest absolute Gasteiger partial charge is 0.478 e. The second-order valence-corrected chi connectivity index (χ2v) is 3.82. The normalized spacial score (nSPS) is 13.8. The number of rotatable bonds is 4. The van der Waals surface area contributed by atoms with Gasteiger partial charge >= 0.3 is 5.97 Å². The molecule has 96 valence electrons. The third-order valence-electron chi connectivity index (χ3n) is 2.69. The van der Waals surface area contributed by atoms with Crippen LogP contribution in [0.1, 0.15) is 47.5 Å². The van der Waals surface area contributed by atoms with E-state index in [2.05, 4.69) is 0 Å². The van der Waals surface area contributed by atoms with Gasteiger partial charge in [0.1, 0.15) is 0 Å². The summed E-state index contributed by atoms with van der Waals surface area (Å²) in [5.74, 6) is -2.32. The summed E-state index contributed by atoms with van der Waals surface area (Å²) in [5.41, 5.74) is 0.389. The highest BCUT2D eigenvalue weighted by atomic mass is 16.5. The lowest BCUT2D eigenvalue weighted by Gasteiger charge is -2.25. The van der Waals surface area contributed by atoms with Gasteiger partial charge in [0.25, 0.3) is 0 Å². The quantitative estimate of drug-likeness (QED) is 0.512. The Kier molecular flexibility index (Phi) is 9.09. The van der Waals surface area contributed by atoms with Crippen molar-refractivity contribution in [3.05, 3.63) is 11.6 Å². The molecule has 0 aliphatic carbocycles. The van der Waals surface area contributed by atoms with Crippen molar-refractivity contribution < 1.29 is 20.1 Å². The zero-order valence-electron chi connectivity index (χ0n) is 10.8. The lowest BCUT2D eigenvalue weighted by atomic mass is 9.96. The van der Waals surface area contributed by atoms with E-state index in [1.807, 2.05) is 13.8 Å². The van der Waals surface area contributed by atoms with Crippen LogP contribution in [0.3, 0.4) is 0 Å². The predicted octanol–water partition coefficient (Wildman–Crippen LogP) is 2.16. The molecule has 0 heterocycles. The Bertz CT molecular complexity index is 231. The summed E-state index contributed by atoms with van der Waals surface area (Å²) in [4.78, 5) is 9.86. The first-order chi connectivity index (χ1) is 7.22. The Morgan fingerprint density at radius 1 is 1.38 bits per heavy atom. The minimum absolute atomic E-state index is 0.0255. The van der Waals surface area contributed by atoms with Crippen molar-refractivity contribution >= 4 is 5.97 Å². The van der Waals surface area contributed by atoms with Crippen LogP contribution in [-0.2, 0) is 4.79 Å². The van der Waals surface area contributed by atoms with E-state index in [0.29, 0.717) is 12.0 Å². The molecule has 1 atom stereocenters. The molecule has 0 rings (SSSR count). The zero-order valence-corrected chi connectivity index (χ0v) is 10.8. The Morgan fingerprint density at radius 2 is 1.81 bits per heavy atom. The topological polar surface area (TPSA) is 77.8 Å². The lowest BCUT2D eigenvalue weighted by molar-refractivity contribution is -0.198. The molecule has 0 aliphatic heterocycles. The fourth-order valence-electron chi connectivity index (χ4n) is 0.799.